The third-order valence-electron chi connectivity index (χ3n) is 4.76. The fraction of sp³-hybridized carbons (Fsp3) is 0.600. The van der Waals surface area contributed by atoms with Crippen LogP contribution in [-0.4, -0.2) is 48.7 Å². The molecule has 0 saturated carbocycles. The van der Waals surface area contributed by atoms with Gasteiger partial charge in [0.2, 0.25) is 15.9 Å². The first-order chi connectivity index (χ1) is 13.4. The summed E-state index contributed by atoms with van der Waals surface area (Å²) in [4.78, 5) is 4.37. The smallest absolute Gasteiger partial charge is 0.226 e. The number of rotatable bonds is 9. The quantitative estimate of drug-likeness (QED) is 0.635. The Balaban J connectivity index is 1.40. The molecule has 0 N–H and O–H groups in total. The van der Waals surface area contributed by atoms with Crippen molar-refractivity contribution in [3.05, 3.63) is 47.6 Å². The number of hydrogen-bond donors (Lipinski definition) is 0. The highest BCUT2D eigenvalue weighted by Crippen LogP contribution is 2.19. The molecular formula is C20H29N3O4S. The SMILES string of the molecule is CC(C)Cc1nc(CCOC2CCN(S(=O)(=O)Cc3ccccc3)CC2)no1. The van der Waals surface area contributed by atoms with E-state index < -0.39 is 10.0 Å². The van der Waals surface area contributed by atoms with Gasteiger partial charge in [-0.15, -0.1) is 0 Å². The van der Waals surface area contributed by atoms with E-state index in [-0.39, 0.29) is 11.9 Å². The molecule has 0 aliphatic carbocycles. The van der Waals surface area contributed by atoms with Gasteiger partial charge in [0.25, 0.3) is 0 Å². The fourth-order valence-corrected chi connectivity index (χ4v) is 4.86. The maximum absolute atomic E-state index is 12.6. The van der Waals surface area contributed by atoms with Gasteiger partial charge in [-0.2, -0.15) is 4.98 Å². The van der Waals surface area contributed by atoms with Gasteiger partial charge in [0, 0.05) is 25.9 Å². The number of sulfonamides is 1. The van der Waals surface area contributed by atoms with Crippen molar-refractivity contribution in [3.8, 4) is 0 Å². The Morgan fingerprint density at radius 1 is 1.21 bits per heavy atom. The van der Waals surface area contributed by atoms with E-state index in [0.717, 1.165) is 12.0 Å². The van der Waals surface area contributed by atoms with Crippen molar-refractivity contribution in [1.29, 1.82) is 0 Å². The lowest BCUT2D eigenvalue weighted by Crippen LogP contribution is -2.41. The summed E-state index contributed by atoms with van der Waals surface area (Å²) in [5, 5.41) is 3.98. The van der Waals surface area contributed by atoms with Crippen molar-refractivity contribution in [3.63, 3.8) is 0 Å². The number of benzene rings is 1. The summed E-state index contributed by atoms with van der Waals surface area (Å²) in [5.74, 6) is 1.86. The lowest BCUT2D eigenvalue weighted by atomic mass is 10.1. The zero-order valence-electron chi connectivity index (χ0n) is 16.6. The van der Waals surface area contributed by atoms with Crippen LogP contribution in [0.25, 0.3) is 0 Å². The van der Waals surface area contributed by atoms with Crippen molar-refractivity contribution >= 4 is 10.0 Å². The molecule has 2 heterocycles. The van der Waals surface area contributed by atoms with Crippen LogP contribution in [0.2, 0.25) is 0 Å². The molecule has 1 aromatic carbocycles. The molecule has 1 saturated heterocycles. The Bertz CT molecular complexity index is 828. The van der Waals surface area contributed by atoms with E-state index >= 15 is 0 Å². The zero-order chi connectivity index (χ0) is 20.0. The second-order valence-corrected chi connectivity index (χ2v) is 9.63. The van der Waals surface area contributed by atoms with Crippen LogP contribution in [0.5, 0.6) is 0 Å². The van der Waals surface area contributed by atoms with E-state index in [1.165, 1.54) is 0 Å². The summed E-state index contributed by atoms with van der Waals surface area (Å²) < 4.78 is 37.9. The molecule has 1 fully saturated rings. The Kier molecular flexibility index (Phi) is 7.20. The van der Waals surface area contributed by atoms with Crippen LogP contribution >= 0.6 is 0 Å². The molecule has 0 unspecified atom stereocenters. The molecule has 154 valence electrons. The molecule has 1 aliphatic heterocycles. The predicted octanol–water partition coefficient (Wildman–Crippen LogP) is 2.82. The summed E-state index contributed by atoms with van der Waals surface area (Å²) in [6.45, 7) is 5.74. The third-order valence-corrected chi connectivity index (χ3v) is 6.61. The highest BCUT2D eigenvalue weighted by molar-refractivity contribution is 7.88. The van der Waals surface area contributed by atoms with Gasteiger partial charge in [0.1, 0.15) is 0 Å². The van der Waals surface area contributed by atoms with Crippen molar-refractivity contribution in [2.75, 3.05) is 19.7 Å². The highest BCUT2D eigenvalue weighted by Gasteiger charge is 2.28. The van der Waals surface area contributed by atoms with Gasteiger partial charge in [-0.05, 0) is 24.3 Å². The molecule has 2 aromatic rings. The predicted molar refractivity (Wildman–Crippen MR) is 106 cm³/mol. The summed E-state index contributed by atoms with van der Waals surface area (Å²) in [6.07, 6.45) is 2.88. The van der Waals surface area contributed by atoms with E-state index in [0.29, 0.717) is 56.6 Å². The third kappa shape index (κ3) is 6.12. The van der Waals surface area contributed by atoms with E-state index in [1.807, 2.05) is 30.3 Å². The summed E-state index contributed by atoms with van der Waals surface area (Å²) >= 11 is 0. The number of piperidine rings is 1. The second-order valence-electron chi connectivity index (χ2n) is 7.66. The van der Waals surface area contributed by atoms with Crippen molar-refractivity contribution < 1.29 is 17.7 Å². The Hall–Kier alpha value is -1.77. The molecule has 28 heavy (non-hydrogen) atoms. The molecular weight excluding hydrogens is 378 g/mol. The first-order valence-electron chi connectivity index (χ1n) is 9.87. The van der Waals surface area contributed by atoms with Crippen LogP contribution in [0.3, 0.4) is 0 Å². The first kappa shape index (κ1) is 21.0. The molecule has 0 amide bonds. The maximum Gasteiger partial charge on any atom is 0.226 e. The van der Waals surface area contributed by atoms with Crippen LogP contribution in [0.4, 0.5) is 0 Å². The number of nitrogens with zero attached hydrogens (tertiary/aromatic N) is 3. The number of ether oxygens (including phenoxy) is 1. The normalized spacial score (nSPS) is 16.7. The van der Waals surface area contributed by atoms with Gasteiger partial charge >= 0.3 is 0 Å². The maximum atomic E-state index is 12.6. The first-order valence-corrected chi connectivity index (χ1v) is 11.5. The average Bonchev–Trinajstić information content (AvgIpc) is 3.09. The fourth-order valence-electron chi connectivity index (χ4n) is 3.29. The lowest BCUT2D eigenvalue weighted by Gasteiger charge is -2.31. The minimum absolute atomic E-state index is 0.0515. The van der Waals surface area contributed by atoms with Gasteiger partial charge < -0.3 is 9.26 Å². The van der Waals surface area contributed by atoms with Gasteiger partial charge in [-0.25, -0.2) is 12.7 Å². The van der Waals surface area contributed by atoms with Crippen molar-refractivity contribution in [2.45, 2.75) is 51.4 Å². The molecule has 0 atom stereocenters. The monoisotopic (exact) mass is 407 g/mol. The molecule has 7 nitrogen and oxygen atoms in total. The summed E-state index contributed by atoms with van der Waals surface area (Å²) in [7, 11) is -3.29. The van der Waals surface area contributed by atoms with E-state index in [2.05, 4.69) is 24.0 Å². The minimum Gasteiger partial charge on any atom is -0.378 e. The van der Waals surface area contributed by atoms with Crippen molar-refractivity contribution in [1.82, 2.24) is 14.4 Å². The lowest BCUT2D eigenvalue weighted by molar-refractivity contribution is 0.0222. The Morgan fingerprint density at radius 3 is 2.61 bits per heavy atom. The topological polar surface area (TPSA) is 85.5 Å². The second kappa shape index (κ2) is 9.62. The van der Waals surface area contributed by atoms with Crippen molar-refractivity contribution in [2.24, 2.45) is 5.92 Å². The summed E-state index contributed by atoms with van der Waals surface area (Å²) in [6, 6.07) is 9.30. The highest BCUT2D eigenvalue weighted by atomic mass is 32.2. The molecule has 3 rings (SSSR count). The molecule has 1 aromatic heterocycles. The van der Waals surface area contributed by atoms with E-state index in [4.69, 9.17) is 9.26 Å². The molecule has 1 aliphatic rings. The molecule has 8 heteroatoms. The largest absolute Gasteiger partial charge is 0.378 e. The standard InChI is InChI=1S/C20H29N3O4S/c1-16(2)14-20-21-19(22-27-20)10-13-26-18-8-11-23(12-9-18)28(24,25)15-17-6-4-3-5-7-17/h3-7,16,18H,8-15H2,1-2H3. The van der Waals surface area contributed by atoms with Gasteiger partial charge in [0.05, 0.1) is 18.5 Å². The molecule has 0 radical (unpaired) electrons. The van der Waals surface area contributed by atoms with Crippen LogP contribution in [-0.2, 0) is 33.4 Å². The van der Waals surface area contributed by atoms with Crippen LogP contribution in [0.1, 0.15) is 44.0 Å². The number of aromatic nitrogens is 2. The van der Waals surface area contributed by atoms with E-state index in [1.54, 1.807) is 4.31 Å². The molecule has 0 bridgehead atoms. The minimum atomic E-state index is -3.29. The van der Waals surface area contributed by atoms with Crippen LogP contribution in [0, 0.1) is 5.92 Å². The Labute approximate surface area is 167 Å². The zero-order valence-corrected chi connectivity index (χ0v) is 17.4. The molecule has 0 spiro atoms. The van der Waals surface area contributed by atoms with Gasteiger partial charge in [-0.3, -0.25) is 0 Å². The van der Waals surface area contributed by atoms with Gasteiger partial charge in [0.15, 0.2) is 5.82 Å². The summed E-state index contributed by atoms with van der Waals surface area (Å²) in [5.41, 5.74) is 0.817. The average molecular weight is 408 g/mol. The van der Waals surface area contributed by atoms with E-state index in [9.17, 15) is 8.42 Å². The number of hydrogen-bond acceptors (Lipinski definition) is 6. The Morgan fingerprint density at radius 2 is 1.93 bits per heavy atom. The van der Waals surface area contributed by atoms with Gasteiger partial charge in [-0.1, -0.05) is 49.3 Å². The van der Waals surface area contributed by atoms with Crippen LogP contribution < -0.4 is 0 Å². The van der Waals surface area contributed by atoms with Crippen LogP contribution in [0.15, 0.2) is 34.9 Å².